The zero-order valence-corrected chi connectivity index (χ0v) is 14.8. The van der Waals surface area contributed by atoms with E-state index >= 15 is 0 Å². The van der Waals surface area contributed by atoms with Crippen molar-refractivity contribution in [1.82, 2.24) is 0 Å². The number of benzene rings is 1. The van der Waals surface area contributed by atoms with Crippen molar-refractivity contribution in [3.8, 4) is 11.5 Å². The predicted molar refractivity (Wildman–Crippen MR) is 92.3 cm³/mol. The van der Waals surface area contributed by atoms with Gasteiger partial charge in [0.1, 0.15) is 0 Å². The average Bonchev–Trinajstić information content (AvgIpc) is 2.86. The quantitative estimate of drug-likeness (QED) is 0.801. The van der Waals surface area contributed by atoms with Crippen LogP contribution in [-0.2, 0) is 14.6 Å². The molecule has 128 valence electrons. The molecule has 1 saturated heterocycles. The zero-order valence-electron chi connectivity index (χ0n) is 13.2. The lowest BCUT2D eigenvalue weighted by Crippen LogP contribution is -2.17. The summed E-state index contributed by atoms with van der Waals surface area (Å²) in [6, 6.07) is 5.19. The number of methoxy groups -OCH3 is 1. The molecule has 0 spiro atoms. The van der Waals surface area contributed by atoms with E-state index in [2.05, 4.69) is 5.32 Å². The number of amides is 1. The van der Waals surface area contributed by atoms with Crippen LogP contribution in [0.3, 0.4) is 0 Å². The van der Waals surface area contributed by atoms with Gasteiger partial charge in [0.15, 0.2) is 21.3 Å². The van der Waals surface area contributed by atoms with Gasteiger partial charge in [0.25, 0.3) is 0 Å². The maximum absolute atomic E-state index is 12.0. The molecule has 1 heterocycles. The predicted octanol–water partition coefficient (Wildman–Crippen LogP) is 1.95. The molecule has 0 unspecified atom stereocenters. The van der Waals surface area contributed by atoms with Gasteiger partial charge in [-0.15, -0.1) is 11.8 Å². The van der Waals surface area contributed by atoms with Crippen LogP contribution in [0.1, 0.15) is 13.3 Å². The van der Waals surface area contributed by atoms with Crippen LogP contribution in [0.25, 0.3) is 0 Å². The van der Waals surface area contributed by atoms with E-state index in [0.29, 0.717) is 30.2 Å². The van der Waals surface area contributed by atoms with Crippen molar-refractivity contribution in [3.05, 3.63) is 18.2 Å². The largest absolute Gasteiger partial charge is 0.493 e. The SMILES string of the molecule is CCOc1ccc(NC(=O)CS[C@@H]2CCS(=O)(=O)C2)cc1OC. The lowest BCUT2D eigenvalue weighted by Gasteiger charge is -2.12. The summed E-state index contributed by atoms with van der Waals surface area (Å²) in [6.45, 7) is 2.42. The smallest absolute Gasteiger partial charge is 0.234 e. The number of thioether (sulfide) groups is 1. The molecular weight excluding hydrogens is 338 g/mol. The fraction of sp³-hybridized carbons (Fsp3) is 0.533. The normalized spacial score (nSPS) is 19.3. The highest BCUT2D eigenvalue weighted by molar-refractivity contribution is 8.02. The molecule has 1 atom stereocenters. The molecule has 1 aromatic rings. The van der Waals surface area contributed by atoms with E-state index in [9.17, 15) is 13.2 Å². The van der Waals surface area contributed by atoms with Gasteiger partial charge < -0.3 is 14.8 Å². The summed E-state index contributed by atoms with van der Waals surface area (Å²) >= 11 is 1.39. The van der Waals surface area contributed by atoms with E-state index in [4.69, 9.17) is 9.47 Å². The number of rotatable bonds is 7. The maximum Gasteiger partial charge on any atom is 0.234 e. The molecule has 23 heavy (non-hydrogen) atoms. The molecule has 6 nitrogen and oxygen atoms in total. The van der Waals surface area contributed by atoms with Gasteiger partial charge in [0.05, 0.1) is 31.0 Å². The first-order valence-corrected chi connectivity index (χ1v) is 10.2. The minimum Gasteiger partial charge on any atom is -0.493 e. The Labute approximate surface area is 140 Å². The minimum atomic E-state index is -2.90. The first-order chi connectivity index (χ1) is 10.9. The monoisotopic (exact) mass is 359 g/mol. The Hall–Kier alpha value is -1.41. The number of nitrogens with one attached hydrogen (secondary N) is 1. The van der Waals surface area contributed by atoms with Gasteiger partial charge in [-0.25, -0.2) is 8.42 Å². The van der Waals surface area contributed by atoms with Crippen LogP contribution in [0.4, 0.5) is 5.69 Å². The minimum absolute atomic E-state index is 0.0145. The maximum atomic E-state index is 12.0. The molecule has 1 N–H and O–H groups in total. The van der Waals surface area contributed by atoms with E-state index in [1.807, 2.05) is 6.92 Å². The highest BCUT2D eigenvalue weighted by atomic mass is 32.2. The van der Waals surface area contributed by atoms with Gasteiger partial charge in [-0.2, -0.15) is 0 Å². The molecule has 1 fully saturated rings. The van der Waals surface area contributed by atoms with Crippen molar-refractivity contribution in [2.75, 3.05) is 36.3 Å². The molecule has 1 amide bonds. The van der Waals surface area contributed by atoms with Crippen LogP contribution < -0.4 is 14.8 Å². The fourth-order valence-corrected chi connectivity index (χ4v) is 5.75. The molecular formula is C15H21NO5S2. The van der Waals surface area contributed by atoms with Crippen LogP contribution >= 0.6 is 11.8 Å². The van der Waals surface area contributed by atoms with Crippen LogP contribution in [0.2, 0.25) is 0 Å². The summed E-state index contributed by atoms with van der Waals surface area (Å²) in [6.07, 6.45) is 0.622. The zero-order chi connectivity index (χ0) is 16.9. The van der Waals surface area contributed by atoms with Crippen LogP contribution in [0.5, 0.6) is 11.5 Å². The van der Waals surface area contributed by atoms with Gasteiger partial charge in [-0.1, -0.05) is 0 Å². The second kappa shape index (κ2) is 7.92. The number of hydrogen-bond acceptors (Lipinski definition) is 6. The molecule has 0 radical (unpaired) electrons. The Balaban J connectivity index is 1.87. The molecule has 2 rings (SSSR count). The lowest BCUT2D eigenvalue weighted by molar-refractivity contribution is -0.113. The molecule has 1 aliphatic rings. The second-order valence-electron chi connectivity index (χ2n) is 5.18. The molecule has 0 saturated carbocycles. The van der Waals surface area contributed by atoms with E-state index < -0.39 is 9.84 Å². The van der Waals surface area contributed by atoms with Crippen LogP contribution in [0.15, 0.2) is 18.2 Å². The standard InChI is InChI=1S/C15H21NO5S2/c1-3-21-13-5-4-11(8-14(13)20-2)16-15(17)9-22-12-6-7-23(18,19)10-12/h4-5,8,12H,3,6-7,9-10H2,1-2H3,(H,16,17)/t12-/m1/s1. The van der Waals surface area contributed by atoms with Gasteiger partial charge in [0, 0.05) is 17.0 Å². The van der Waals surface area contributed by atoms with Crippen molar-refractivity contribution in [2.24, 2.45) is 0 Å². The highest BCUT2D eigenvalue weighted by Crippen LogP contribution is 2.30. The first-order valence-electron chi connectivity index (χ1n) is 7.36. The van der Waals surface area contributed by atoms with Gasteiger partial charge in [-0.05, 0) is 25.5 Å². The topological polar surface area (TPSA) is 81.7 Å². The number of sulfone groups is 1. The summed E-state index contributed by atoms with van der Waals surface area (Å²) in [5, 5.41) is 2.80. The Morgan fingerprint density at radius 2 is 2.17 bits per heavy atom. The van der Waals surface area contributed by atoms with Gasteiger partial charge in [-0.3, -0.25) is 4.79 Å². The number of ether oxygens (including phenoxy) is 2. The third-order valence-electron chi connectivity index (χ3n) is 3.39. The summed E-state index contributed by atoms with van der Waals surface area (Å²) in [7, 11) is -1.36. The number of hydrogen-bond donors (Lipinski definition) is 1. The van der Waals surface area contributed by atoms with Crippen molar-refractivity contribution in [2.45, 2.75) is 18.6 Å². The summed E-state index contributed by atoms with van der Waals surface area (Å²) < 4.78 is 33.4. The Kier molecular flexibility index (Phi) is 6.17. The van der Waals surface area contributed by atoms with E-state index in [1.165, 1.54) is 11.8 Å². The molecule has 0 aromatic heterocycles. The van der Waals surface area contributed by atoms with Crippen molar-refractivity contribution in [1.29, 1.82) is 0 Å². The average molecular weight is 359 g/mol. The second-order valence-corrected chi connectivity index (χ2v) is 8.70. The van der Waals surface area contributed by atoms with Crippen molar-refractivity contribution >= 4 is 33.2 Å². The Morgan fingerprint density at radius 1 is 1.39 bits per heavy atom. The number of anilines is 1. The lowest BCUT2D eigenvalue weighted by atomic mass is 10.2. The van der Waals surface area contributed by atoms with Crippen LogP contribution in [-0.4, -0.2) is 50.6 Å². The van der Waals surface area contributed by atoms with Crippen molar-refractivity contribution < 1.29 is 22.7 Å². The third-order valence-corrected chi connectivity index (χ3v) is 6.67. The highest BCUT2D eigenvalue weighted by Gasteiger charge is 2.28. The third kappa shape index (κ3) is 5.31. The molecule has 1 aliphatic heterocycles. The Bertz CT molecular complexity index is 660. The van der Waals surface area contributed by atoms with Gasteiger partial charge in [0.2, 0.25) is 5.91 Å². The summed E-state index contributed by atoms with van der Waals surface area (Å²) in [5.41, 5.74) is 0.620. The fourth-order valence-electron chi connectivity index (χ4n) is 2.30. The molecule has 1 aromatic carbocycles. The first kappa shape index (κ1) is 17.9. The number of carbonyl (C=O) groups excluding carboxylic acids is 1. The summed E-state index contributed by atoms with van der Waals surface area (Å²) in [5.74, 6) is 1.64. The summed E-state index contributed by atoms with van der Waals surface area (Å²) in [4.78, 5) is 12.0. The van der Waals surface area contributed by atoms with E-state index in [0.717, 1.165) is 0 Å². The molecule has 0 aliphatic carbocycles. The van der Waals surface area contributed by atoms with Gasteiger partial charge >= 0.3 is 0 Å². The molecule has 8 heteroatoms. The Morgan fingerprint density at radius 3 is 2.78 bits per heavy atom. The number of carbonyl (C=O) groups is 1. The molecule has 0 bridgehead atoms. The van der Waals surface area contributed by atoms with E-state index in [1.54, 1.807) is 25.3 Å². The van der Waals surface area contributed by atoms with E-state index in [-0.39, 0.29) is 28.4 Å². The van der Waals surface area contributed by atoms with Crippen molar-refractivity contribution in [3.63, 3.8) is 0 Å². The van der Waals surface area contributed by atoms with Crippen LogP contribution in [0, 0.1) is 0 Å².